The highest BCUT2D eigenvalue weighted by atomic mass is 19.1. The average molecular weight is 589 g/mol. The van der Waals surface area contributed by atoms with Gasteiger partial charge in [-0.2, -0.15) is 5.26 Å². The predicted molar refractivity (Wildman–Crippen MR) is 156 cm³/mol. The summed E-state index contributed by atoms with van der Waals surface area (Å²) in [5.41, 5.74) is 3.57. The minimum atomic E-state index is -0.823. The van der Waals surface area contributed by atoms with Gasteiger partial charge < -0.3 is 19.6 Å². The first-order valence-electron chi connectivity index (χ1n) is 14.5. The van der Waals surface area contributed by atoms with E-state index in [9.17, 15) is 19.1 Å². The van der Waals surface area contributed by atoms with Crippen molar-refractivity contribution in [2.24, 2.45) is 5.92 Å². The summed E-state index contributed by atoms with van der Waals surface area (Å²) in [5.74, 6) is -2.04. The minimum Gasteiger partial charge on any atom is -0.485 e. The number of hydrogen-bond donors (Lipinski definition) is 1. The molecule has 2 fully saturated rings. The van der Waals surface area contributed by atoms with Crippen molar-refractivity contribution in [3.63, 3.8) is 0 Å². The van der Waals surface area contributed by atoms with Crippen molar-refractivity contribution in [2.75, 3.05) is 31.1 Å². The Kier molecular flexibility index (Phi) is 9.19. The topological polar surface area (TPSA) is 107 Å². The van der Waals surface area contributed by atoms with Crippen molar-refractivity contribution in [2.45, 2.75) is 51.6 Å². The molecule has 0 spiro atoms. The van der Waals surface area contributed by atoms with Crippen molar-refractivity contribution in [1.82, 2.24) is 9.88 Å². The molecule has 0 radical (unpaired) electrons. The van der Waals surface area contributed by atoms with Crippen molar-refractivity contribution < 1.29 is 28.2 Å². The van der Waals surface area contributed by atoms with Crippen molar-refractivity contribution in [1.29, 1.82) is 5.26 Å². The number of aryl methyl sites for hydroxylation is 1. The number of aromatic nitrogens is 1. The van der Waals surface area contributed by atoms with E-state index in [1.165, 1.54) is 6.07 Å². The number of carboxylic acids is 1. The van der Waals surface area contributed by atoms with E-state index in [1.54, 1.807) is 23.1 Å². The number of pyridine rings is 1. The molecule has 1 amide bonds. The highest BCUT2D eigenvalue weighted by molar-refractivity contribution is 5.78. The van der Waals surface area contributed by atoms with Crippen LogP contribution in [-0.4, -0.2) is 53.0 Å². The van der Waals surface area contributed by atoms with E-state index in [2.05, 4.69) is 11.1 Å². The Morgan fingerprint density at radius 1 is 1.05 bits per heavy atom. The second-order valence-electron chi connectivity index (χ2n) is 11.2. The van der Waals surface area contributed by atoms with Crippen LogP contribution in [0.2, 0.25) is 0 Å². The lowest BCUT2D eigenvalue weighted by molar-refractivity contribution is -0.142. The first-order valence-corrected chi connectivity index (χ1v) is 14.5. The van der Waals surface area contributed by atoms with Crippen LogP contribution in [0.5, 0.6) is 5.75 Å². The molecule has 0 atom stereocenters. The van der Waals surface area contributed by atoms with Gasteiger partial charge in [0.05, 0.1) is 17.7 Å². The second-order valence-corrected chi connectivity index (χ2v) is 11.2. The quantitative estimate of drug-likeness (QED) is 0.353. The lowest BCUT2D eigenvalue weighted by atomic mass is 9.87. The number of carboxylic acid groups (broad SMARTS) is 1. The molecule has 3 heterocycles. The monoisotopic (exact) mass is 588 g/mol. The summed E-state index contributed by atoms with van der Waals surface area (Å²) in [7, 11) is 0. The van der Waals surface area contributed by atoms with Crippen LogP contribution >= 0.6 is 0 Å². The number of nitriles is 1. The van der Waals surface area contributed by atoms with E-state index < -0.39 is 17.6 Å². The van der Waals surface area contributed by atoms with Crippen molar-refractivity contribution in [3.8, 4) is 23.1 Å². The molecule has 1 aromatic heterocycles. The molecule has 8 nitrogen and oxygen atoms in total. The Balaban J connectivity index is 1.29. The van der Waals surface area contributed by atoms with Gasteiger partial charge in [-0.05, 0) is 73.4 Å². The number of hydrogen-bond acceptors (Lipinski definition) is 6. The third-order valence-electron chi connectivity index (χ3n) is 8.47. The summed E-state index contributed by atoms with van der Waals surface area (Å²) < 4.78 is 35.5. The van der Waals surface area contributed by atoms with Crippen LogP contribution in [0.4, 0.5) is 14.6 Å². The largest absolute Gasteiger partial charge is 0.485 e. The number of carbonyl (C=O) groups excluding carboxylic acids is 1. The molecule has 10 heteroatoms. The van der Waals surface area contributed by atoms with Gasteiger partial charge in [0.15, 0.2) is 11.6 Å². The molecule has 0 aliphatic carbocycles. The van der Waals surface area contributed by atoms with Crippen LogP contribution in [-0.2, 0) is 16.2 Å². The number of likely N-dealkylation sites (tertiary alicyclic amines) is 1. The average Bonchev–Trinajstić information content (AvgIpc) is 3.01. The maximum absolute atomic E-state index is 15.1. The van der Waals surface area contributed by atoms with E-state index in [1.807, 2.05) is 30.0 Å². The van der Waals surface area contributed by atoms with E-state index >= 15 is 4.39 Å². The molecule has 43 heavy (non-hydrogen) atoms. The first-order chi connectivity index (χ1) is 20.7. The lowest BCUT2D eigenvalue weighted by Crippen LogP contribution is -2.37. The molecule has 1 N–H and O–H groups in total. The van der Waals surface area contributed by atoms with Gasteiger partial charge in [-0.25, -0.2) is 13.8 Å². The lowest BCUT2D eigenvalue weighted by Gasteiger charge is -2.32. The predicted octanol–water partition coefficient (Wildman–Crippen LogP) is 5.83. The summed E-state index contributed by atoms with van der Waals surface area (Å²) in [6.07, 6.45) is 2.55. The molecule has 2 aliphatic heterocycles. The molecular formula is C33H34F2N4O4. The fourth-order valence-electron chi connectivity index (χ4n) is 5.93. The molecule has 5 rings (SSSR count). The number of rotatable bonds is 8. The maximum Gasteiger partial charge on any atom is 0.306 e. The van der Waals surface area contributed by atoms with Gasteiger partial charge in [-0.15, -0.1) is 0 Å². The Labute approximate surface area is 249 Å². The van der Waals surface area contributed by atoms with E-state index in [-0.39, 0.29) is 36.2 Å². The number of aliphatic carboxylic acids is 1. The van der Waals surface area contributed by atoms with Gasteiger partial charge >= 0.3 is 5.97 Å². The zero-order valence-corrected chi connectivity index (χ0v) is 24.1. The number of nitrogens with zero attached hydrogens (tertiary/aromatic N) is 4. The molecule has 2 aliphatic rings. The van der Waals surface area contributed by atoms with Crippen LogP contribution in [0.15, 0.2) is 48.5 Å². The zero-order valence-electron chi connectivity index (χ0n) is 24.1. The van der Waals surface area contributed by atoms with Crippen LogP contribution in [0.1, 0.15) is 54.7 Å². The molecule has 2 aromatic carbocycles. The Hall–Kier alpha value is -4.52. The van der Waals surface area contributed by atoms with Crippen molar-refractivity contribution >= 4 is 17.7 Å². The molecule has 0 unspecified atom stereocenters. The van der Waals surface area contributed by atoms with E-state index in [0.29, 0.717) is 56.5 Å². The number of ether oxygens (including phenoxy) is 1. The molecule has 3 aromatic rings. The van der Waals surface area contributed by atoms with Gasteiger partial charge in [0, 0.05) is 37.8 Å². The third-order valence-corrected chi connectivity index (χ3v) is 8.47. The number of benzene rings is 2. The van der Waals surface area contributed by atoms with E-state index in [4.69, 9.17) is 10.00 Å². The highest BCUT2D eigenvalue weighted by Crippen LogP contribution is 2.35. The number of amides is 1. The summed E-state index contributed by atoms with van der Waals surface area (Å²) >= 11 is 0. The van der Waals surface area contributed by atoms with Gasteiger partial charge in [-0.3, -0.25) is 9.59 Å². The smallest absolute Gasteiger partial charge is 0.306 e. The number of piperidine rings is 2. The first kappa shape index (κ1) is 30.0. The molecule has 0 saturated carbocycles. The fourth-order valence-corrected chi connectivity index (χ4v) is 5.93. The third kappa shape index (κ3) is 6.94. The minimum absolute atomic E-state index is 0.0746. The Morgan fingerprint density at radius 2 is 1.79 bits per heavy atom. The SMILES string of the molecule is Cc1cc(C2CCN(C(=O)CC#N)CC2)ccc1COc1c(F)cc(F)cc1-c1cccc(N2CCC(C(=O)O)CC2)n1. The molecular weight excluding hydrogens is 554 g/mol. The van der Waals surface area contributed by atoms with Crippen molar-refractivity contribution in [3.05, 3.63) is 76.9 Å². The van der Waals surface area contributed by atoms with Gasteiger partial charge in [-0.1, -0.05) is 24.3 Å². The Bertz CT molecular complexity index is 1540. The van der Waals surface area contributed by atoms with E-state index in [0.717, 1.165) is 35.6 Å². The standard InChI is InChI=1S/C33H34F2N4O4/c1-21-17-24(22-8-15-39(16-9-22)31(40)7-12-36)5-6-25(21)20-43-32-27(18-26(34)19-28(32)35)29-3-2-4-30(37-29)38-13-10-23(11-14-38)33(41)42/h2-6,17-19,22-23H,7-11,13-16,20H2,1H3,(H,41,42). The molecule has 2 saturated heterocycles. The molecule has 0 bridgehead atoms. The van der Waals surface area contributed by atoms with Gasteiger partial charge in [0.2, 0.25) is 5.91 Å². The van der Waals surface area contributed by atoms with Crippen LogP contribution in [0.25, 0.3) is 11.3 Å². The molecule has 224 valence electrons. The summed E-state index contributed by atoms with van der Waals surface area (Å²) in [6, 6.07) is 15.3. The van der Waals surface area contributed by atoms with Crippen LogP contribution < -0.4 is 9.64 Å². The summed E-state index contributed by atoms with van der Waals surface area (Å²) in [4.78, 5) is 31.7. The summed E-state index contributed by atoms with van der Waals surface area (Å²) in [6.45, 7) is 4.35. The summed E-state index contributed by atoms with van der Waals surface area (Å²) in [5, 5.41) is 18.1. The fraction of sp³-hybridized carbons (Fsp3) is 0.394. The second kappa shape index (κ2) is 13.2. The Morgan fingerprint density at radius 3 is 2.47 bits per heavy atom. The number of halogens is 2. The maximum atomic E-state index is 15.1. The van der Waals surface area contributed by atoms with Crippen LogP contribution in [0.3, 0.4) is 0 Å². The van der Waals surface area contributed by atoms with Gasteiger partial charge in [0.25, 0.3) is 0 Å². The zero-order chi connectivity index (χ0) is 30.5. The highest BCUT2D eigenvalue weighted by Gasteiger charge is 2.26. The van der Waals surface area contributed by atoms with Gasteiger partial charge in [0.1, 0.15) is 24.7 Å². The number of anilines is 1. The number of carbonyl (C=O) groups is 2. The van der Waals surface area contributed by atoms with Crippen LogP contribution in [0, 0.1) is 35.8 Å². The normalized spacial score (nSPS) is 16.1.